The molecule has 0 saturated carbocycles. The van der Waals surface area contributed by atoms with E-state index in [0.717, 1.165) is 11.1 Å². The van der Waals surface area contributed by atoms with Crippen LogP contribution in [-0.2, 0) is 6.42 Å². The molecule has 0 aliphatic heterocycles. The zero-order valence-corrected chi connectivity index (χ0v) is 21.5. The van der Waals surface area contributed by atoms with Gasteiger partial charge in [0.2, 0.25) is 11.2 Å². The second kappa shape index (κ2) is 11.1. The van der Waals surface area contributed by atoms with Gasteiger partial charge < -0.3 is 34.3 Å². The number of hydrogen-bond acceptors (Lipinski definition) is 7. The lowest BCUT2D eigenvalue weighted by Gasteiger charge is -2.20. The van der Waals surface area contributed by atoms with Gasteiger partial charge in [0.25, 0.3) is 0 Å². The van der Waals surface area contributed by atoms with Crippen LogP contribution in [0.1, 0.15) is 23.6 Å². The number of hydrogen-bond donors (Lipinski definition) is 2. The molecule has 0 heterocycles. The molecule has 194 valence electrons. The fourth-order valence-corrected chi connectivity index (χ4v) is 4.68. The third-order valence-electron chi connectivity index (χ3n) is 6.38. The molecule has 9 nitrogen and oxygen atoms in total. The zero-order chi connectivity index (χ0) is 26.5. The summed E-state index contributed by atoms with van der Waals surface area (Å²) >= 11 is 0. The lowest BCUT2D eigenvalue weighted by atomic mass is 9.95. The molecule has 2 N–H and O–H groups in total. The summed E-state index contributed by atoms with van der Waals surface area (Å²) in [6.45, 7) is 0. The summed E-state index contributed by atoms with van der Waals surface area (Å²) in [6.07, 6.45) is 1.10. The van der Waals surface area contributed by atoms with Gasteiger partial charge in [-0.25, -0.2) is 4.79 Å². The van der Waals surface area contributed by atoms with E-state index in [1.54, 1.807) is 51.7 Å². The molecule has 0 spiro atoms. The largest absolute Gasteiger partial charge is 0.495 e. The van der Waals surface area contributed by atoms with Crippen molar-refractivity contribution in [2.45, 2.75) is 18.9 Å². The molecular weight excluding hydrogens is 476 g/mol. The van der Waals surface area contributed by atoms with Crippen LogP contribution < -0.4 is 39.7 Å². The molecule has 0 radical (unpaired) electrons. The number of para-hydroxylation sites is 2. The van der Waals surface area contributed by atoms with Gasteiger partial charge in [-0.3, -0.25) is 4.79 Å². The van der Waals surface area contributed by atoms with Gasteiger partial charge in [-0.2, -0.15) is 0 Å². The molecule has 1 atom stereocenters. The van der Waals surface area contributed by atoms with Crippen molar-refractivity contribution < 1.29 is 28.5 Å². The number of ether oxygens (including phenoxy) is 5. The number of benzene rings is 2. The van der Waals surface area contributed by atoms with Gasteiger partial charge in [0.1, 0.15) is 5.75 Å². The van der Waals surface area contributed by atoms with Crippen LogP contribution in [0.3, 0.4) is 0 Å². The number of nitrogens with one attached hydrogen (secondary N) is 2. The molecule has 0 unspecified atom stereocenters. The minimum absolute atomic E-state index is 0.186. The molecule has 3 aromatic carbocycles. The topological polar surface area (TPSA) is 104 Å². The van der Waals surface area contributed by atoms with Crippen LogP contribution in [0.15, 0.2) is 53.3 Å². The van der Waals surface area contributed by atoms with Gasteiger partial charge in [-0.15, -0.1) is 0 Å². The second-order valence-electron chi connectivity index (χ2n) is 8.35. The molecule has 2 amide bonds. The smallest absolute Gasteiger partial charge is 0.319 e. The molecule has 1 aliphatic carbocycles. The fraction of sp³-hybridized carbons (Fsp3) is 0.286. The molecule has 4 rings (SSSR count). The summed E-state index contributed by atoms with van der Waals surface area (Å²) in [7, 11) is 7.65. The number of amides is 2. The lowest BCUT2D eigenvalue weighted by molar-refractivity contribution is 0.248. The van der Waals surface area contributed by atoms with Gasteiger partial charge in [0.15, 0.2) is 17.2 Å². The Labute approximate surface area is 215 Å². The predicted molar refractivity (Wildman–Crippen MR) is 141 cm³/mol. The standard InChI is InChI=1S/C28H30N2O7/c1-33-22-9-7-6-8-20(22)30-28(32)29-19-12-10-16-14-24(35-3)26(36-4)27(37-5)25(16)17-11-13-23(34-2)21(31)15-18(17)19/h6-9,11,13-15,19H,10,12H2,1-5H3,(H2,29,30,32)/t19-/m0/s1. The summed E-state index contributed by atoms with van der Waals surface area (Å²) < 4.78 is 27.6. The normalized spacial score (nSPS) is 13.8. The first kappa shape index (κ1) is 25.7. The van der Waals surface area contributed by atoms with Crippen molar-refractivity contribution in [1.29, 1.82) is 0 Å². The molecule has 1 aliphatic rings. The minimum Gasteiger partial charge on any atom is -0.495 e. The van der Waals surface area contributed by atoms with E-state index in [1.165, 1.54) is 20.3 Å². The highest BCUT2D eigenvalue weighted by atomic mass is 16.5. The minimum atomic E-state index is -0.497. The van der Waals surface area contributed by atoms with Crippen LogP contribution in [0.4, 0.5) is 10.5 Å². The van der Waals surface area contributed by atoms with Crippen LogP contribution >= 0.6 is 0 Å². The van der Waals surface area contributed by atoms with E-state index in [1.807, 2.05) is 12.1 Å². The molecule has 37 heavy (non-hydrogen) atoms. The first-order valence-electron chi connectivity index (χ1n) is 11.7. The van der Waals surface area contributed by atoms with E-state index < -0.39 is 12.1 Å². The highest BCUT2D eigenvalue weighted by Crippen LogP contribution is 2.50. The highest BCUT2D eigenvalue weighted by Gasteiger charge is 2.30. The Bertz CT molecular complexity index is 1370. The average molecular weight is 507 g/mol. The molecule has 0 bridgehead atoms. The number of methoxy groups -OCH3 is 5. The Balaban J connectivity index is 1.85. The van der Waals surface area contributed by atoms with Gasteiger partial charge in [-0.1, -0.05) is 18.2 Å². The van der Waals surface area contributed by atoms with Gasteiger partial charge in [-0.05, 0) is 59.9 Å². The number of anilines is 1. The third kappa shape index (κ3) is 4.97. The van der Waals surface area contributed by atoms with E-state index in [-0.39, 0.29) is 11.2 Å². The molecule has 0 aromatic heterocycles. The van der Waals surface area contributed by atoms with Crippen LogP contribution in [0.2, 0.25) is 0 Å². The number of rotatable bonds is 7. The van der Waals surface area contributed by atoms with Crippen molar-refractivity contribution in [3.8, 4) is 39.9 Å². The SMILES string of the molecule is COc1ccccc1NC(=O)N[C@H]1CCc2cc(OC)c(OC)c(OC)c2-c2ccc(OC)c(=O)cc21. The Hall–Kier alpha value is -4.40. The van der Waals surface area contributed by atoms with E-state index in [0.29, 0.717) is 52.7 Å². The van der Waals surface area contributed by atoms with Crippen molar-refractivity contribution in [3.63, 3.8) is 0 Å². The molecular formula is C28H30N2O7. The quantitative estimate of drug-likeness (QED) is 0.484. The first-order chi connectivity index (χ1) is 17.9. The molecule has 9 heteroatoms. The Morgan fingerprint density at radius 2 is 1.51 bits per heavy atom. The maximum atomic E-state index is 13.1. The van der Waals surface area contributed by atoms with E-state index in [9.17, 15) is 9.59 Å². The maximum absolute atomic E-state index is 13.1. The van der Waals surface area contributed by atoms with E-state index in [4.69, 9.17) is 23.7 Å². The number of carbonyl (C=O) groups excluding carboxylic acids is 1. The number of aryl methyl sites for hydroxylation is 1. The predicted octanol–water partition coefficient (Wildman–Crippen LogP) is 4.57. The Morgan fingerprint density at radius 1 is 0.811 bits per heavy atom. The number of urea groups is 1. The summed E-state index contributed by atoms with van der Waals surface area (Å²) in [5.74, 6) is 2.17. The Kier molecular flexibility index (Phi) is 7.71. The van der Waals surface area contributed by atoms with Crippen LogP contribution in [0, 0.1) is 0 Å². The van der Waals surface area contributed by atoms with Gasteiger partial charge in [0.05, 0.1) is 47.3 Å². The molecule has 0 fully saturated rings. The summed E-state index contributed by atoms with van der Waals surface area (Å²) in [5, 5.41) is 5.88. The molecule has 3 aromatic rings. The molecule has 0 saturated heterocycles. The Morgan fingerprint density at radius 3 is 2.19 bits per heavy atom. The fourth-order valence-electron chi connectivity index (χ4n) is 4.68. The van der Waals surface area contributed by atoms with Gasteiger partial charge >= 0.3 is 6.03 Å². The summed E-state index contributed by atoms with van der Waals surface area (Å²) in [5.41, 5.74) is 3.27. The summed E-state index contributed by atoms with van der Waals surface area (Å²) in [6, 6.07) is 13.0. The highest BCUT2D eigenvalue weighted by molar-refractivity contribution is 5.91. The monoisotopic (exact) mass is 506 g/mol. The lowest BCUT2D eigenvalue weighted by Crippen LogP contribution is -2.33. The van der Waals surface area contributed by atoms with Crippen LogP contribution in [0.5, 0.6) is 28.7 Å². The average Bonchev–Trinajstić information content (AvgIpc) is 3.16. The summed E-state index contributed by atoms with van der Waals surface area (Å²) in [4.78, 5) is 26.1. The van der Waals surface area contributed by atoms with Crippen molar-refractivity contribution in [3.05, 3.63) is 69.9 Å². The first-order valence-corrected chi connectivity index (χ1v) is 11.7. The second-order valence-corrected chi connectivity index (χ2v) is 8.35. The van der Waals surface area contributed by atoms with E-state index in [2.05, 4.69) is 10.6 Å². The maximum Gasteiger partial charge on any atom is 0.319 e. The van der Waals surface area contributed by atoms with Crippen molar-refractivity contribution in [1.82, 2.24) is 5.32 Å². The third-order valence-corrected chi connectivity index (χ3v) is 6.38. The van der Waals surface area contributed by atoms with Crippen molar-refractivity contribution in [2.75, 3.05) is 40.9 Å². The van der Waals surface area contributed by atoms with Crippen LogP contribution in [-0.4, -0.2) is 41.6 Å². The van der Waals surface area contributed by atoms with Crippen molar-refractivity contribution >= 4 is 11.7 Å². The number of carbonyl (C=O) groups is 1. The van der Waals surface area contributed by atoms with Gasteiger partial charge in [0, 0.05) is 5.56 Å². The van der Waals surface area contributed by atoms with Crippen molar-refractivity contribution in [2.24, 2.45) is 0 Å². The number of fused-ring (bicyclic) bond motifs is 3. The zero-order valence-electron chi connectivity index (χ0n) is 21.5. The van der Waals surface area contributed by atoms with Crippen LogP contribution in [0.25, 0.3) is 11.1 Å². The van der Waals surface area contributed by atoms with E-state index >= 15 is 0 Å².